The van der Waals surface area contributed by atoms with Crippen LogP contribution in [0.4, 0.5) is 11.4 Å². The van der Waals surface area contributed by atoms with Crippen molar-refractivity contribution in [3.8, 4) is 11.8 Å². The van der Waals surface area contributed by atoms with Crippen LogP contribution in [0.1, 0.15) is 11.3 Å². The molecule has 5 aromatic rings. The quantitative estimate of drug-likeness (QED) is 0.276. The van der Waals surface area contributed by atoms with Gasteiger partial charge in [-0.05, 0) is 48.0 Å². The number of nitriles is 1. The number of hydrogen-bond donors (Lipinski definition) is 2. The minimum Gasteiger partial charge on any atom is -0.372 e. The average molecular weight is 631 g/mol. The highest BCUT2D eigenvalue weighted by Crippen LogP contribution is 2.31. The Hall–Kier alpha value is -5.03. The van der Waals surface area contributed by atoms with Crippen LogP contribution in [0.25, 0.3) is 16.6 Å². The molecule has 222 valence electrons. The van der Waals surface area contributed by atoms with Crippen LogP contribution in [0, 0.1) is 11.3 Å². The second-order valence-electron chi connectivity index (χ2n) is 10.2. The number of carbonyl (C=O) groups excluding carboxylic acids is 2. The van der Waals surface area contributed by atoms with Gasteiger partial charge in [0.2, 0.25) is 11.8 Å². The third kappa shape index (κ3) is 5.91. The van der Waals surface area contributed by atoms with Crippen LogP contribution < -0.4 is 10.2 Å². The largest absolute Gasteiger partial charge is 0.372 e. The summed E-state index contributed by atoms with van der Waals surface area (Å²) >= 11 is 12.3. The van der Waals surface area contributed by atoms with Crippen molar-refractivity contribution in [1.82, 2.24) is 34.7 Å². The lowest BCUT2D eigenvalue weighted by molar-refractivity contribution is -0.142. The summed E-state index contributed by atoms with van der Waals surface area (Å²) in [5.41, 5.74) is 3.09. The maximum absolute atomic E-state index is 13.8. The van der Waals surface area contributed by atoms with Crippen molar-refractivity contribution >= 4 is 57.3 Å². The van der Waals surface area contributed by atoms with Crippen molar-refractivity contribution in [2.45, 2.75) is 18.7 Å². The highest BCUT2D eigenvalue weighted by atomic mass is 35.5. The number of aliphatic hydroxyl groups is 1. The third-order valence-corrected chi connectivity index (χ3v) is 7.65. The van der Waals surface area contributed by atoms with Crippen LogP contribution in [0.2, 0.25) is 10.2 Å². The first-order chi connectivity index (χ1) is 21.2. The summed E-state index contributed by atoms with van der Waals surface area (Å²) in [6, 6.07) is 14.5. The average Bonchev–Trinajstić information content (AvgIpc) is 3.61. The number of benzene rings is 2. The number of nitrogens with zero attached hydrogens (tertiary/aromatic N) is 9. The number of piperazine rings is 1. The Bertz CT molecular complexity index is 1920. The van der Waals surface area contributed by atoms with Crippen LogP contribution in [0.5, 0.6) is 0 Å². The van der Waals surface area contributed by atoms with Gasteiger partial charge in [0.25, 0.3) is 0 Å². The van der Waals surface area contributed by atoms with Crippen molar-refractivity contribution in [2.75, 3.05) is 23.3 Å². The van der Waals surface area contributed by atoms with Gasteiger partial charge >= 0.3 is 0 Å². The molecule has 1 saturated heterocycles. The van der Waals surface area contributed by atoms with E-state index >= 15 is 0 Å². The molecule has 0 radical (unpaired) electrons. The molecule has 1 aliphatic heterocycles. The predicted octanol–water partition coefficient (Wildman–Crippen LogP) is 2.94. The summed E-state index contributed by atoms with van der Waals surface area (Å²) in [7, 11) is 1.81. The molecule has 2 unspecified atom stereocenters. The number of anilines is 2. The molecule has 6 rings (SSSR count). The Morgan fingerprint density at radius 2 is 2.00 bits per heavy atom. The van der Waals surface area contributed by atoms with E-state index in [1.807, 2.05) is 19.3 Å². The lowest BCUT2D eigenvalue weighted by atomic mass is 10.0. The van der Waals surface area contributed by atoms with Crippen LogP contribution in [-0.4, -0.2) is 76.9 Å². The highest BCUT2D eigenvalue weighted by Gasteiger charge is 2.39. The van der Waals surface area contributed by atoms with Gasteiger partial charge in [0.05, 0.1) is 36.2 Å². The number of halogens is 2. The number of amides is 2. The number of aryl methyl sites for hydroxylation is 1. The first-order valence-corrected chi connectivity index (χ1v) is 14.2. The Kier molecular flexibility index (Phi) is 7.88. The van der Waals surface area contributed by atoms with E-state index in [9.17, 15) is 14.7 Å². The fourth-order valence-electron chi connectivity index (χ4n) is 5.18. The zero-order valence-electron chi connectivity index (χ0n) is 23.2. The summed E-state index contributed by atoms with van der Waals surface area (Å²) < 4.78 is 3.10. The smallest absolute Gasteiger partial charge is 0.247 e. The minimum absolute atomic E-state index is 0.0952. The van der Waals surface area contributed by atoms with Gasteiger partial charge in [-0.15, -0.1) is 5.10 Å². The Morgan fingerprint density at radius 1 is 1.16 bits per heavy atom. The molecular weight excluding hydrogens is 607 g/mol. The zero-order chi connectivity index (χ0) is 31.0. The lowest BCUT2D eigenvalue weighted by Crippen LogP contribution is -2.61. The van der Waals surface area contributed by atoms with Gasteiger partial charge in [0, 0.05) is 42.0 Å². The molecule has 44 heavy (non-hydrogen) atoms. The molecule has 2 N–H and O–H groups in total. The van der Waals surface area contributed by atoms with Gasteiger partial charge in [-0.2, -0.15) is 10.4 Å². The van der Waals surface area contributed by atoms with E-state index in [1.165, 1.54) is 26.9 Å². The molecule has 0 saturated carbocycles. The number of aliphatic hydroxyl groups excluding tert-OH is 1. The van der Waals surface area contributed by atoms with Crippen LogP contribution in [0.15, 0.2) is 67.1 Å². The summed E-state index contributed by atoms with van der Waals surface area (Å²) in [6.45, 7) is -0.444. The van der Waals surface area contributed by atoms with Crippen molar-refractivity contribution in [3.63, 3.8) is 0 Å². The zero-order valence-corrected chi connectivity index (χ0v) is 24.7. The molecule has 13 nitrogen and oxygen atoms in total. The summed E-state index contributed by atoms with van der Waals surface area (Å²) in [5, 5.41) is 37.0. The van der Waals surface area contributed by atoms with Gasteiger partial charge in [-0.25, -0.2) is 9.67 Å². The number of hydrogen-bond acceptors (Lipinski definition) is 9. The number of carbonyl (C=O) groups is 2. The number of rotatable bonds is 7. The number of aromatic nitrogens is 6. The summed E-state index contributed by atoms with van der Waals surface area (Å²) in [5.74, 6) is -0.852. The van der Waals surface area contributed by atoms with Crippen LogP contribution in [-0.2, 0) is 23.1 Å². The van der Waals surface area contributed by atoms with E-state index < -0.39 is 24.1 Å². The fraction of sp³-hybridized carbons (Fsp3) is 0.207. The first kappa shape index (κ1) is 29.1. The van der Waals surface area contributed by atoms with Crippen molar-refractivity contribution in [1.29, 1.82) is 5.26 Å². The first-order valence-electron chi connectivity index (χ1n) is 13.4. The van der Waals surface area contributed by atoms with Gasteiger partial charge < -0.3 is 20.2 Å². The Morgan fingerprint density at radius 3 is 2.73 bits per heavy atom. The topological polar surface area (TPSA) is 158 Å². The second kappa shape index (κ2) is 11.9. The molecule has 2 amide bonds. The van der Waals surface area contributed by atoms with E-state index in [0.717, 1.165) is 10.9 Å². The summed E-state index contributed by atoms with van der Waals surface area (Å²) in [6.07, 6.45) is 3.72. The van der Waals surface area contributed by atoms with Gasteiger partial charge in [-0.1, -0.05) is 34.5 Å². The Labute approximate surface area is 260 Å². The molecule has 1 aliphatic rings. The molecule has 0 bridgehead atoms. The molecule has 1 fully saturated rings. The van der Waals surface area contributed by atoms with Crippen LogP contribution >= 0.6 is 23.2 Å². The molecule has 3 aromatic heterocycles. The molecule has 0 aliphatic carbocycles. The van der Waals surface area contributed by atoms with Crippen molar-refractivity contribution in [2.24, 2.45) is 7.05 Å². The molecule has 2 atom stereocenters. The number of pyridine rings is 1. The Balaban J connectivity index is 1.29. The number of fused-ring (bicyclic) bond motifs is 1. The van der Waals surface area contributed by atoms with E-state index in [2.05, 4.69) is 25.7 Å². The van der Waals surface area contributed by atoms with E-state index in [4.69, 9.17) is 28.5 Å². The second-order valence-corrected chi connectivity index (χ2v) is 11.0. The number of β-amino-alcohol motifs (C(OH)–C–C–N with tert-alkyl or cyclic N) is 1. The molecule has 15 heteroatoms. The normalized spacial score (nSPS) is 15.8. The van der Waals surface area contributed by atoms with E-state index in [1.54, 1.807) is 53.2 Å². The van der Waals surface area contributed by atoms with Crippen LogP contribution in [0.3, 0.4) is 0 Å². The molecular formula is C29H24Cl2N10O3. The monoisotopic (exact) mass is 630 g/mol. The van der Waals surface area contributed by atoms with Crippen molar-refractivity contribution < 1.29 is 14.7 Å². The fourth-order valence-corrected chi connectivity index (χ4v) is 5.47. The molecule has 0 spiro atoms. The lowest BCUT2D eigenvalue weighted by Gasteiger charge is -2.42. The van der Waals surface area contributed by atoms with Crippen molar-refractivity contribution in [3.05, 3.63) is 88.6 Å². The van der Waals surface area contributed by atoms with E-state index in [0.29, 0.717) is 27.6 Å². The SMILES string of the molecule is Cn1cc2cc(NC(=O)C(Cc3ccc(C#N)nc3)N3CC(O)N(c4cc(Cl)ccc4-n4cc(Cl)nn4)CC3=O)ccc2n1. The highest BCUT2D eigenvalue weighted by molar-refractivity contribution is 6.31. The minimum atomic E-state index is -1.20. The number of nitrogens with one attached hydrogen (secondary N) is 1. The standard InChI is InChI=1S/C29H24Cl2N10O3/c1-38-13-18-9-20(5-6-22(18)36-38)34-29(44)25(8-17-2-4-21(11-32)33-12-17)40-16-27(42)39(15-28(40)43)24-10-19(30)3-7-23(24)41-14-26(31)35-37-41/h2-7,9-10,12-14,25,27,42H,8,15-16H2,1H3,(H,34,44). The summed E-state index contributed by atoms with van der Waals surface area (Å²) in [4.78, 5) is 34.5. The molecule has 2 aromatic carbocycles. The van der Waals surface area contributed by atoms with E-state index in [-0.39, 0.29) is 30.4 Å². The third-order valence-electron chi connectivity index (χ3n) is 7.24. The van der Waals surface area contributed by atoms with Gasteiger partial charge in [0.15, 0.2) is 5.15 Å². The maximum atomic E-state index is 13.8. The maximum Gasteiger partial charge on any atom is 0.247 e. The molecule has 4 heterocycles. The van der Waals surface area contributed by atoms with Gasteiger partial charge in [0.1, 0.15) is 24.0 Å². The van der Waals surface area contributed by atoms with Gasteiger partial charge in [-0.3, -0.25) is 14.3 Å². The predicted molar refractivity (Wildman–Crippen MR) is 162 cm³/mol.